The number of aryl methyl sites for hydroxylation is 1. The first-order valence-electron chi connectivity index (χ1n) is 4.53. The molecule has 1 aromatic heterocycles. The molecule has 2 heterocycles. The number of aromatic nitrogens is 1. The van der Waals surface area contributed by atoms with Crippen molar-refractivity contribution in [2.75, 3.05) is 20.1 Å². The van der Waals surface area contributed by atoms with Gasteiger partial charge < -0.3 is 4.57 Å². The van der Waals surface area contributed by atoms with Crippen LogP contribution in [0.2, 0.25) is 0 Å². The summed E-state index contributed by atoms with van der Waals surface area (Å²) in [7, 11) is 3.95. The lowest BCUT2D eigenvalue weighted by molar-refractivity contribution is 0.0953. The highest BCUT2D eigenvalue weighted by molar-refractivity contribution is 5.99. The lowest BCUT2D eigenvalue weighted by Gasteiger charge is -2.10. The Balaban J connectivity index is 2.39. The quantitative estimate of drug-likeness (QED) is 0.584. The molecular formula is C10H14N2O. The van der Waals surface area contributed by atoms with Crippen molar-refractivity contribution in [1.82, 2.24) is 9.47 Å². The Morgan fingerprint density at radius 1 is 1.31 bits per heavy atom. The van der Waals surface area contributed by atoms with E-state index in [1.54, 1.807) is 0 Å². The summed E-state index contributed by atoms with van der Waals surface area (Å²) in [6.07, 6.45) is 4.96. The summed E-state index contributed by atoms with van der Waals surface area (Å²) in [4.78, 5) is 13.7. The second-order valence-electron chi connectivity index (χ2n) is 3.77. The number of fused-ring (bicyclic) bond motifs is 1. The average Bonchev–Trinajstić information content (AvgIpc) is 2.38. The van der Waals surface area contributed by atoms with Crippen LogP contribution in [-0.2, 0) is 13.5 Å². The smallest absolute Gasteiger partial charge is 0.178 e. The largest absolute Gasteiger partial charge is 0.356 e. The monoisotopic (exact) mass is 178 g/mol. The first-order valence-corrected chi connectivity index (χ1v) is 4.53. The molecule has 0 saturated heterocycles. The van der Waals surface area contributed by atoms with Crippen molar-refractivity contribution in [1.29, 1.82) is 0 Å². The Labute approximate surface area is 78.0 Å². The van der Waals surface area contributed by atoms with Gasteiger partial charge in [0.25, 0.3) is 0 Å². The molecule has 0 amide bonds. The molecule has 0 spiro atoms. The third kappa shape index (κ3) is 1.52. The minimum absolute atomic E-state index is 0.246. The number of hydrogen-bond acceptors (Lipinski definition) is 2. The van der Waals surface area contributed by atoms with Crippen molar-refractivity contribution in [3.8, 4) is 0 Å². The van der Waals surface area contributed by atoms with Crippen LogP contribution in [0.5, 0.6) is 0 Å². The first kappa shape index (κ1) is 8.51. The number of nitrogens with zero attached hydrogens (tertiary/aromatic N) is 2. The first-order chi connectivity index (χ1) is 6.16. The van der Waals surface area contributed by atoms with Crippen LogP contribution < -0.4 is 0 Å². The number of rotatable bonds is 0. The predicted octanol–water partition coefficient (Wildman–Crippen LogP) is 0.696. The molecule has 3 heteroatoms. The van der Waals surface area contributed by atoms with Crippen LogP contribution in [0.1, 0.15) is 15.9 Å². The summed E-state index contributed by atoms with van der Waals surface area (Å²) >= 11 is 0. The Morgan fingerprint density at radius 3 is 2.85 bits per heavy atom. The molecule has 1 aliphatic heterocycles. The Bertz CT molecular complexity index is 341. The summed E-state index contributed by atoms with van der Waals surface area (Å²) < 4.78 is 1.97. The number of likely N-dealkylation sites (N-methyl/N-ethyl adjacent to an activating group) is 1. The molecule has 13 heavy (non-hydrogen) atoms. The predicted molar refractivity (Wildman–Crippen MR) is 50.9 cm³/mol. The van der Waals surface area contributed by atoms with E-state index in [-0.39, 0.29) is 5.78 Å². The van der Waals surface area contributed by atoms with Gasteiger partial charge >= 0.3 is 0 Å². The van der Waals surface area contributed by atoms with Gasteiger partial charge in [-0.05, 0) is 19.0 Å². The van der Waals surface area contributed by atoms with Crippen molar-refractivity contribution in [3.63, 3.8) is 0 Å². The number of ketones is 1. The highest BCUT2D eigenvalue weighted by atomic mass is 16.1. The van der Waals surface area contributed by atoms with Crippen LogP contribution in [0.15, 0.2) is 12.4 Å². The van der Waals surface area contributed by atoms with Gasteiger partial charge in [-0.25, -0.2) is 0 Å². The zero-order chi connectivity index (χ0) is 9.42. The van der Waals surface area contributed by atoms with E-state index in [1.807, 2.05) is 31.1 Å². The highest BCUT2D eigenvalue weighted by Gasteiger charge is 2.19. The Morgan fingerprint density at radius 2 is 2.08 bits per heavy atom. The lowest BCUT2D eigenvalue weighted by atomic mass is 10.1. The molecule has 0 unspecified atom stereocenters. The van der Waals surface area contributed by atoms with Crippen molar-refractivity contribution < 1.29 is 4.79 Å². The molecule has 0 fully saturated rings. The van der Waals surface area contributed by atoms with Gasteiger partial charge in [-0.15, -0.1) is 0 Å². The van der Waals surface area contributed by atoms with Crippen molar-refractivity contribution in [2.45, 2.75) is 6.42 Å². The third-order valence-corrected chi connectivity index (χ3v) is 2.51. The molecular weight excluding hydrogens is 164 g/mol. The second-order valence-corrected chi connectivity index (χ2v) is 3.77. The number of carbonyl (C=O) groups is 1. The molecule has 0 atom stereocenters. The fourth-order valence-corrected chi connectivity index (χ4v) is 1.81. The molecule has 0 bridgehead atoms. The van der Waals surface area contributed by atoms with Gasteiger partial charge in [0.15, 0.2) is 5.78 Å². The number of hydrogen-bond donors (Lipinski definition) is 0. The molecule has 0 aliphatic carbocycles. The topological polar surface area (TPSA) is 25.2 Å². The number of Topliss-reactive ketones (excluding diaryl/α,β-unsaturated/α-hetero) is 1. The molecule has 0 radical (unpaired) electrons. The van der Waals surface area contributed by atoms with E-state index in [2.05, 4.69) is 4.90 Å². The van der Waals surface area contributed by atoms with E-state index < -0.39 is 0 Å². The maximum atomic E-state index is 11.7. The molecule has 1 aliphatic rings. The summed E-state index contributed by atoms with van der Waals surface area (Å²) in [6, 6.07) is 0. The molecule has 70 valence electrons. The minimum atomic E-state index is 0.246. The third-order valence-electron chi connectivity index (χ3n) is 2.51. The summed E-state index contributed by atoms with van der Waals surface area (Å²) in [5.74, 6) is 0.246. The van der Waals surface area contributed by atoms with Crippen LogP contribution >= 0.6 is 0 Å². The maximum absolute atomic E-state index is 11.7. The van der Waals surface area contributed by atoms with Gasteiger partial charge in [0.1, 0.15) is 0 Å². The fraction of sp³-hybridized carbons (Fsp3) is 0.500. The average molecular weight is 178 g/mol. The Kier molecular flexibility index (Phi) is 1.96. The van der Waals surface area contributed by atoms with E-state index in [1.165, 1.54) is 5.56 Å². The van der Waals surface area contributed by atoms with Gasteiger partial charge in [-0.2, -0.15) is 0 Å². The van der Waals surface area contributed by atoms with Crippen LogP contribution in [0.3, 0.4) is 0 Å². The van der Waals surface area contributed by atoms with Crippen LogP contribution in [0, 0.1) is 0 Å². The van der Waals surface area contributed by atoms with Crippen molar-refractivity contribution >= 4 is 5.78 Å². The van der Waals surface area contributed by atoms with Gasteiger partial charge in [0, 0.05) is 31.5 Å². The van der Waals surface area contributed by atoms with Gasteiger partial charge in [-0.3, -0.25) is 9.69 Å². The standard InChI is InChI=1S/C10H14N2O/c1-11-4-3-8-5-12(2)6-9(8)10(13)7-11/h5-6H,3-4,7H2,1-2H3. The van der Waals surface area contributed by atoms with Crippen LogP contribution in [-0.4, -0.2) is 35.4 Å². The van der Waals surface area contributed by atoms with E-state index in [0.717, 1.165) is 18.5 Å². The van der Waals surface area contributed by atoms with E-state index >= 15 is 0 Å². The summed E-state index contributed by atoms with van der Waals surface area (Å²) in [5.41, 5.74) is 2.10. The van der Waals surface area contributed by atoms with Gasteiger partial charge in [0.2, 0.25) is 0 Å². The van der Waals surface area contributed by atoms with Gasteiger partial charge in [-0.1, -0.05) is 0 Å². The Hall–Kier alpha value is -1.09. The lowest BCUT2D eigenvalue weighted by Crippen LogP contribution is -2.24. The fourth-order valence-electron chi connectivity index (χ4n) is 1.81. The molecule has 0 N–H and O–H groups in total. The SMILES string of the molecule is CN1CCc2cn(C)cc2C(=O)C1. The minimum Gasteiger partial charge on any atom is -0.356 e. The maximum Gasteiger partial charge on any atom is 0.178 e. The van der Waals surface area contributed by atoms with Crippen LogP contribution in [0.4, 0.5) is 0 Å². The van der Waals surface area contributed by atoms with E-state index in [0.29, 0.717) is 6.54 Å². The highest BCUT2D eigenvalue weighted by Crippen LogP contribution is 2.15. The van der Waals surface area contributed by atoms with Gasteiger partial charge in [0.05, 0.1) is 6.54 Å². The zero-order valence-corrected chi connectivity index (χ0v) is 8.08. The molecule has 2 rings (SSSR count). The van der Waals surface area contributed by atoms with Crippen LogP contribution in [0.25, 0.3) is 0 Å². The molecule has 0 saturated carbocycles. The van der Waals surface area contributed by atoms with E-state index in [9.17, 15) is 4.79 Å². The van der Waals surface area contributed by atoms with Crippen molar-refractivity contribution in [3.05, 3.63) is 23.5 Å². The normalized spacial score (nSPS) is 18.5. The molecule has 3 nitrogen and oxygen atoms in total. The molecule has 1 aromatic rings. The number of carbonyl (C=O) groups excluding carboxylic acids is 1. The van der Waals surface area contributed by atoms with E-state index in [4.69, 9.17) is 0 Å². The summed E-state index contributed by atoms with van der Waals surface area (Å²) in [5, 5.41) is 0. The molecule has 0 aromatic carbocycles. The summed E-state index contributed by atoms with van der Waals surface area (Å²) in [6.45, 7) is 1.53. The second kappa shape index (κ2) is 3.00. The zero-order valence-electron chi connectivity index (χ0n) is 8.08. The van der Waals surface area contributed by atoms with Crippen molar-refractivity contribution in [2.24, 2.45) is 7.05 Å².